The third-order valence-corrected chi connectivity index (χ3v) is 5.00. The Balaban J connectivity index is 6.41. The molecule has 0 aromatic rings. The summed E-state index contributed by atoms with van der Waals surface area (Å²) in [7, 11) is 0. The molecule has 4 N–H and O–H groups in total. The quantitative estimate of drug-likeness (QED) is 0.374. The molecule has 6 heteroatoms. The first-order chi connectivity index (χ1) is 12.0. The van der Waals surface area contributed by atoms with Gasteiger partial charge in [0.15, 0.2) is 0 Å². The van der Waals surface area contributed by atoms with E-state index in [1.54, 1.807) is 27.7 Å². The fraction of sp³-hybridized carbons (Fsp3) is 0.810. The second-order valence-corrected chi connectivity index (χ2v) is 10.1. The van der Waals surface area contributed by atoms with Crippen molar-refractivity contribution >= 4 is 11.9 Å². The molecule has 0 fully saturated rings. The number of allylic oxidation sites excluding steroid dienone is 2. The molecule has 0 bridgehead atoms. The van der Waals surface area contributed by atoms with Crippen LogP contribution < -0.4 is 0 Å². The van der Waals surface area contributed by atoms with E-state index in [2.05, 4.69) is 0 Å². The number of rotatable bonds is 10. The van der Waals surface area contributed by atoms with Crippen molar-refractivity contribution in [1.82, 2.24) is 0 Å². The fourth-order valence-electron chi connectivity index (χ4n) is 4.34. The van der Waals surface area contributed by atoms with Crippen molar-refractivity contribution < 1.29 is 30.0 Å². The van der Waals surface area contributed by atoms with Gasteiger partial charge in [-0.15, -0.1) is 0 Å². The van der Waals surface area contributed by atoms with Crippen molar-refractivity contribution in [3.63, 3.8) is 0 Å². The van der Waals surface area contributed by atoms with Gasteiger partial charge in [-0.1, -0.05) is 61.8 Å². The first kappa shape index (κ1) is 25.3. The number of aliphatic carboxylic acids is 2. The highest BCUT2D eigenvalue weighted by Gasteiger charge is 2.45. The predicted molar refractivity (Wildman–Crippen MR) is 106 cm³/mol. The minimum absolute atomic E-state index is 0.126. The van der Waals surface area contributed by atoms with Crippen LogP contribution in [0.3, 0.4) is 0 Å². The molecule has 0 aromatic heterocycles. The Morgan fingerprint density at radius 1 is 0.889 bits per heavy atom. The Morgan fingerprint density at radius 2 is 1.37 bits per heavy atom. The molecular weight excluding hydrogens is 348 g/mol. The summed E-state index contributed by atoms with van der Waals surface area (Å²) in [5.74, 6) is -5.55. The molecule has 2 unspecified atom stereocenters. The molecule has 0 amide bonds. The van der Waals surface area contributed by atoms with E-state index in [9.17, 15) is 30.0 Å². The molecule has 0 radical (unpaired) electrons. The molecule has 0 saturated heterocycles. The third-order valence-electron chi connectivity index (χ3n) is 5.00. The summed E-state index contributed by atoms with van der Waals surface area (Å²) in [5.41, 5.74) is -1.61. The molecule has 0 aliphatic heterocycles. The molecular formula is C21H38O6. The highest BCUT2D eigenvalue weighted by Crippen LogP contribution is 2.46. The predicted octanol–water partition coefficient (Wildman–Crippen LogP) is 5.39. The topological polar surface area (TPSA) is 115 Å². The largest absolute Gasteiger partial charge is 0.508 e. The van der Waals surface area contributed by atoms with Crippen LogP contribution in [-0.4, -0.2) is 32.4 Å². The van der Waals surface area contributed by atoms with Crippen molar-refractivity contribution in [3.8, 4) is 0 Å². The molecule has 0 spiro atoms. The van der Waals surface area contributed by atoms with E-state index in [0.29, 0.717) is 12.8 Å². The van der Waals surface area contributed by atoms with E-state index < -0.39 is 46.8 Å². The van der Waals surface area contributed by atoms with Crippen LogP contribution in [-0.2, 0) is 9.59 Å². The summed E-state index contributed by atoms with van der Waals surface area (Å²) in [4.78, 5) is 23.1. The zero-order valence-electron chi connectivity index (χ0n) is 18.1. The fourth-order valence-corrected chi connectivity index (χ4v) is 4.34. The first-order valence-electron chi connectivity index (χ1n) is 9.53. The summed E-state index contributed by atoms with van der Waals surface area (Å²) in [5, 5.41) is 40.7. The van der Waals surface area contributed by atoms with E-state index in [1.165, 1.54) is 0 Å². The molecule has 2 atom stereocenters. The zero-order chi connectivity index (χ0) is 21.8. The number of carboxylic acids is 2. The summed E-state index contributed by atoms with van der Waals surface area (Å²) in [6.45, 7) is 15.2. The molecule has 0 saturated carbocycles. The van der Waals surface area contributed by atoms with Crippen molar-refractivity contribution in [2.24, 2.45) is 28.1 Å². The van der Waals surface area contributed by atoms with Crippen LogP contribution in [0, 0.1) is 28.1 Å². The minimum atomic E-state index is -1.34. The lowest BCUT2D eigenvalue weighted by Crippen LogP contribution is -2.39. The Labute approximate surface area is 163 Å². The number of aliphatic hydroxyl groups excluding tert-OH is 2. The Bertz CT molecular complexity index is 566. The average molecular weight is 387 g/mol. The molecule has 27 heavy (non-hydrogen) atoms. The van der Waals surface area contributed by atoms with Gasteiger partial charge in [-0.2, -0.15) is 0 Å². The number of carbonyl (C=O) groups is 2. The average Bonchev–Trinajstić information content (AvgIpc) is 2.41. The maximum absolute atomic E-state index is 11.9. The zero-order valence-corrected chi connectivity index (χ0v) is 18.1. The van der Waals surface area contributed by atoms with Crippen LogP contribution in [0.2, 0.25) is 0 Å². The Kier molecular flexibility index (Phi) is 8.41. The molecule has 0 aliphatic rings. The van der Waals surface area contributed by atoms with Gasteiger partial charge in [-0.25, -0.2) is 0 Å². The number of hydrogen-bond donors (Lipinski definition) is 4. The molecule has 0 heterocycles. The Morgan fingerprint density at radius 3 is 1.70 bits per heavy atom. The smallest absolute Gasteiger partial charge is 0.307 e. The van der Waals surface area contributed by atoms with Crippen LogP contribution >= 0.6 is 0 Å². The van der Waals surface area contributed by atoms with Gasteiger partial charge in [-0.05, 0) is 23.7 Å². The monoisotopic (exact) mass is 386 g/mol. The maximum atomic E-state index is 11.9. The van der Waals surface area contributed by atoms with E-state index >= 15 is 0 Å². The van der Waals surface area contributed by atoms with E-state index in [-0.39, 0.29) is 11.2 Å². The SMILES string of the molecule is CCCC(C)(C)C(/C(O)=C(\O)C(C)(C)CC(C)(C)C)C(CC(=O)O)C(=O)O. The number of hydrogen-bond acceptors (Lipinski definition) is 4. The molecule has 6 nitrogen and oxygen atoms in total. The maximum Gasteiger partial charge on any atom is 0.307 e. The highest BCUT2D eigenvalue weighted by molar-refractivity contribution is 5.78. The summed E-state index contributed by atoms with van der Waals surface area (Å²) in [6, 6.07) is 0. The van der Waals surface area contributed by atoms with Gasteiger partial charge in [0.25, 0.3) is 0 Å². The summed E-state index contributed by atoms with van der Waals surface area (Å²) in [6.07, 6.45) is 1.26. The third kappa shape index (κ3) is 7.43. The van der Waals surface area contributed by atoms with Crippen molar-refractivity contribution in [2.75, 3.05) is 0 Å². The van der Waals surface area contributed by atoms with Crippen molar-refractivity contribution in [1.29, 1.82) is 0 Å². The van der Waals surface area contributed by atoms with Crippen LogP contribution in [0.15, 0.2) is 11.5 Å². The van der Waals surface area contributed by atoms with E-state index in [0.717, 1.165) is 6.42 Å². The normalized spacial score (nSPS) is 16.4. The lowest BCUT2D eigenvalue weighted by molar-refractivity contribution is -0.152. The van der Waals surface area contributed by atoms with Crippen LogP contribution in [0.4, 0.5) is 0 Å². The highest BCUT2D eigenvalue weighted by atomic mass is 16.4. The van der Waals surface area contributed by atoms with Crippen molar-refractivity contribution in [2.45, 2.75) is 81.1 Å². The standard InChI is InChI=1S/C21H38O6/c1-9-10-20(5,6)15(13(18(26)27)11-14(22)23)16(24)17(25)21(7,8)12-19(2,3)4/h13,15,24-25H,9-12H2,1-8H3,(H,22,23)(H,26,27)/b17-16+. The number of aliphatic hydroxyl groups is 2. The lowest BCUT2D eigenvalue weighted by atomic mass is 9.65. The minimum Gasteiger partial charge on any atom is -0.508 e. The second kappa shape index (κ2) is 8.98. The van der Waals surface area contributed by atoms with Gasteiger partial charge in [0, 0.05) is 11.3 Å². The van der Waals surface area contributed by atoms with Gasteiger partial charge >= 0.3 is 11.9 Å². The van der Waals surface area contributed by atoms with Crippen LogP contribution in [0.5, 0.6) is 0 Å². The Hall–Kier alpha value is -1.72. The second-order valence-electron chi connectivity index (χ2n) is 10.1. The summed E-state index contributed by atoms with van der Waals surface area (Å²) >= 11 is 0. The summed E-state index contributed by atoms with van der Waals surface area (Å²) < 4.78 is 0. The first-order valence-corrected chi connectivity index (χ1v) is 9.53. The molecule has 0 rings (SSSR count). The molecule has 0 aromatic carbocycles. The lowest BCUT2D eigenvalue weighted by Gasteiger charge is -2.39. The molecule has 158 valence electrons. The van der Waals surface area contributed by atoms with Gasteiger partial charge in [0.1, 0.15) is 11.5 Å². The van der Waals surface area contributed by atoms with Crippen molar-refractivity contribution in [3.05, 3.63) is 11.5 Å². The number of carboxylic acid groups (broad SMARTS) is 2. The van der Waals surface area contributed by atoms with Gasteiger partial charge < -0.3 is 20.4 Å². The van der Waals surface area contributed by atoms with Gasteiger partial charge in [0.2, 0.25) is 0 Å². The van der Waals surface area contributed by atoms with Crippen LogP contribution in [0.1, 0.15) is 81.1 Å². The van der Waals surface area contributed by atoms with Gasteiger partial charge in [0.05, 0.1) is 12.3 Å². The van der Waals surface area contributed by atoms with Gasteiger partial charge in [-0.3, -0.25) is 9.59 Å². The van der Waals surface area contributed by atoms with E-state index in [4.69, 9.17) is 0 Å². The van der Waals surface area contributed by atoms with E-state index in [1.807, 2.05) is 27.7 Å². The molecule has 0 aliphatic carbocycles. The van der Waals surface area contributed by atoms with Crippen LogP contribution in [0.25, 0.3) is 0 Å².